The second kappa shape index (κ2) is 7.07. The van der Waals surface area contributed by atoms with Gasteiger partial charge < -0.3 is 10.6 Å². The van der Waals surface area contributed by atoms with Gasteiger partial charge in [-0.3, -0.25) is 14.7 Å². The predicted molar refractivity (Wildman–Crippen MR) is 74.7 cm³/mol. The van der Waals surface area contributed by atoms with E-state index in [4.69, 9.17) is 0 Å². The molecular formula is C14H22N4O2. The van der Waals surface area contributed by atoms with Crippen LogP contribution in [0.25, 0.3) is 0 Å². The van der Waals surface area contributed by atoms with E-state index in [9.17, 15) is 9.59 Å². The smallest absolute Gasteiger partial charge is 0.223 e. The van der Waals surface area contributed by atoms with Crippen LogP contribution in [0.5, 0.6) is 0 Å². The summed E-state index contributed by atoms with van der Waals surface area (Å²) in [5.74, 6) is 0.187. The first-order chi connectivity index (χ1) is 9.66. The molecule has 1 heterocycles. The molecule has 1 unspecified atom stereocenters. The number of carbonyl (C=O) groups excluding carboxylic acids is 2. The third-order valence-corrected chi connectivity index (χ3v) is 3.77. The summed E-state index contributed by atoms with van der Waals surface area (Å²) < 4.78 is 0. The van der Waals surface area contributed by atoms with Gasteiger partial charge in [-0.05, 0) is 19.8 Å². The normalized spacial score (nSPS) is 16.9. The summed E-state index contributed by atoms with van der Waals surface area (Å²) in [6, 6.07) is -0.0771. The lowest BCUT2D eigenvalue weighted by atomic mass is 10.1. The molecule has 0 aliphatic heterocycles. The van der Waals surface area contributed by atoms with Crippen molar-refractivity contribution in [2.24, 2.45) is 5.92 Å². The highest BCUT2D eigenvalue weighted by molar-refractivity contribution is 5.80. The number of rotatable bonds is 6. The van der Waals surface area contributed by atoms with Crippen molar-refractivity contribution in [3.05, 3.63) is 18.0 Å². The van der Waals surface area contributed by atoms with Crippen LogP contribution in [0.15, 0.2) is 12.4 Å². The first kappa shape index (κ1) is 14.6. The fraction of sp³-hybridized carbons (Fsp3) is 0.643. The lowest BCUT2D eigenvalue weighted by Gasteiger charge is -2.13. The summed E-state index contributed by atoms with van der Waals surface area (Å²) in [5, 5.41) is 12.3. The number of carbonyl (C=O) groups is 2. The molecule has 2 amide bonds. The van der Waals surface area contributed by atoms with Crippen molar-refractivity contribution in [1.29, 1.82) is 0 Å². The van der Waals surface area contributed by atoms with Crippen molar-refractivity contribution >= 4 is 11.8 Å². The summed E-state index contributed by atoms with van der Waals surface area (Å²) in [5.41, 5.74) is 0.938. The lowest BCUT2D eigenvalue weighted by molar-refractivity contribution is -0.125. The molecule has 6 nitrogen and oxygen atoms in total. The molecule has 2 rings (SSSR count). The SMILES string of the molecule is CC(NC(=O)CCNC(=O)C1CCCC1)c1cn[nH]c1. The van der Waals surface area contributed by atoms with E-state index in [1.165, 1.54) is 0 Å². The van der Waals surface area contributed by atoms with Gasteiger partial charge in [0.25, 0.3) is 0 Å². The fourth-order valence-corrected chi connectivity index (χ4v) is 2.53. The standard InChI is InChI=1S/C14H22N4O2/c1-10(12-8-16-17-9-12)18-13(19)6-7-15-14(20)11-4-2-3-5-11/h8-11H,2-7H2,1H3,(H,15,20)(H,16,17)(H,18,19). The van der Waals surface area contributed by atoms with Crippen LogP contribution in [0.4, 0.5) is 0 Å². The van der Waals surface area contributed by atoms with E-state index in [2.05, 4.69) is 20.8 Å². The Bertz CT molecular complexity index is 438. The van der Waals surface area contributed by atoms with Crippen molar-refractivity contribution in [2.45, 2.75) is 45.1 Å². The zero-order valence-electron chi connectivity index (χ0n) is 11.8. The first-order valence-electron chi connectivity index (χ1n) is 7.22. The van der Waals surface area contributed by atoms with Crippen LogP contribution in [-0.4, -0.2) is 28.6 Å². The van der Waals surface area contributed by atoms with Gasteiger partial charge in [-0.2, -0.15) is 5.10 Å². The van der Waals surface area contributed by atoms with Crippen LogP contribution in [0.2, 0.25) is 0 Å². The molecule has 1 saturated carbocycles. The Labute approximate surface area is 118 Å². The number of H-pyrrole nitrogens is 1. The average molecular weight is 278 g/mol. The minimum absolute atomic E-state index is 0.0644. The summed E-state index contributed by atoms with van der Waals surface area (Å²) >= 11 is 0. The van der Waals surface area contributed by atoms with E-state index in [0.717, 1.165) is 31.2 Å². The number of nitrogens with one attached hydrogen (secondary N) is 3. The van der Waals surface area contributed by atoms with E-state index < -0.39 is 0 Å². The molecule has 1 atom stereocenters. The van der Waals surface area contributed by atoms with Crippen molar-refractivity contribution in [2.75, 3.05) is 6.54 Å². The molecule has 1 fully saturated rings. The highest BCUT2D eigenvalue weighted by atomic mass is 16.2. The molecule has 110 valence electrons. The summed E-state index contributed by atoms with van der Waals surface area (Å²) in [6.07, 6.45) is 7.99. The molecule has 0 radical (unpaired) electrons. The number of aromatic amines is 1. The first-order valence-corrected chi connectivity index (χ1v) is 7.22. The van der Waals surface area contributed by atoms with Gasteiger partial charge in [-0.15, -0.1) is 0 Å². The zero-order valence-corrected chi connectivity index (χ0v) is 11.8. The Morgan fingerprint density at radius 1 is 1.45 bits per heavy atom. The van der Waals surface area contributed by atoms with E-state index in [1.807, 2.05) is 6.92 Å². The highest BCUT2D eigenvalue weighted by Gasteiger charge is 2.22. The summed E-state index contributed by atoms with van der Waals surface area (Å²) in [7, 11) is 0. The lowest BCUT2D eigenvalue weighted by Crippen LogP contribution is -2.34. The third kappa shape index (κ3) is 4.08. The van der Waals surface area contributed by atoms with Gasteiger partial charge in [0, 0.05) is 30.6 Å². The van der Waals surface area contributed by atoms with E-state index in [1.54, 1.807) is 12.4 Å². The summed E-state index contributed by atoms with van der Waals surface area (Å²) in [6.45, 7) is 2.30. The minimum atomic E-state index is -0.0771. The molecular weight excluding hydrogens is 256 g/mol. The van der Waals surface area contributed by atoms with Crippen LogP contribution in [0.1, 0.15) is 50.6 Å². The molecule has 3 N–H and O–H groups in total. The van der Waals surface area contributed by atoms with Crippen molar-refractivity contribution in [3.8, 4) is 0 Å². The molecule has 0 aromatic carbocycles. The quantitative estimate of drug-likeness (QED) is 0.732. The largest absolute Gasteiger partial charge is 0.355 e. The highest BCUT2D eigenvalue weighted by Crippen LogP contribution is 2.24. The summed E-state index contributed by atoms with van der Waals surface area (Å²) in [4.78, 5) is 23.5. The van der Waals surface area contributed by atoms with Gasteiger partial charge in [-0.1, -0.05) is 12.8 Å². The Balaban J connectivity index is 1.63. The Kier molecular flexibility index (Phi) is 5.15. The van der Waals surface area contributed by atoms with Crippen molar-refractivity contribution < 1.29 is 9.59 Å². The zero-order chi connectivity index (χ0) is 14.4. The van der Waals surface area contributed by atoms with E-state index in [0.29, 0.717) is 13.0 Å². The van der Waals surface area contributed by atoms with Gasteiger partial charge >= 0.3 is 0 Å². The number of amides is 2. The van der Waals surface area contributed by atoms with Gasteiger partial charge in [0.1, 0.15) is 0 Å². The number of nitrogens with zero attached hydrogens (tertiary/aromatic N) is 1. The third-order valence-electron chi connectivity index (χ3n) is 3.77. The van der Waals surface area contributed by atoms with E-state index in [-0.39, 0.29) is 23.8 Å². The van der Waals surface area contributed by atoms with Gasteiger partial charge in [0.05, 0.1) is 12.2 Å². The maximum atomic E-state index is 11.8. The van der Waals surface area contributed by atoms with Crippen LogP contribution < -0.4 is 10.6 Å². The number of hydrogen-bond acceptors (Lipinski definition) is 3. The second-order valence-corrected chi connectivity index (χ2v) is 5.34. The molecule has 0 spiro atoms. The molecule has 1 aromatic heterocycles. The van der Waals surface area contributed by atoms with Crippen molar-refractivity contribution in [3.63, 3.8) is 0 Å². The molecule has 1 aliphatic rings. The minimum Gasteiger partial charge on any atom is -0.355 e. The Morgan fingerprint density at radius 3 is 2.85 bits per heavy atom. The average Bonchev–Trinajstić information content (AvgIpc) is 3.12. The van der Waals surface area contributed by atoms with Crippen molar-refractivity contribution in [1.82, 2.24) is 20.8 Å². The second-order valence-electron chi connectivity index (χ2n) is 5.34. The van der Waals surface area contributed by atoms with Crippen LogP contribution in [0, 0.1) is 5.92 Å². The van der Waals surface area contributed by atoms with Crippen LogP contribution >= 0.6 is 0 Å². The maximum Gasteiger partial charge on any atom is 0.223 e. The molecule has 1 aliphatic carbocycles. The number of aromatic nitrogens is 2. The van der Waals surface area contributed by atoms with E-state index >= 15 is 0 Å². The topological polar surface area (TPSA) is 86.9 Å². The van der Waals surface area contributed by atoms with Gasteiger partial charge in [0.15, 0.2) is 0 Å². The molecule has 0 bridgehead atoms. The Hall–Kier alpha value is -1.85. The van der Waals surface area contributed by atoms with Gasteiger partial charge in [0.2, 0.25) is 11.8 Å². The Morgan fingerprint density at radius 2 is 2.20 bits per heavy atom. The predicted octanol–water partition coefficient (Wildman–Crippen LogP) is 1.28. The fourth-order valence-electron chi connectivity index (χ4n) is 2.53. The monoisotopic (exact) mass is 278 g/mol. The molecule has 0 saturated heterocycles. The van der Waals surface area contributed by atoms with Crippen LogP contribution in [0.3, 0.4) is 0 Å². The number of hydrogen-bond donors (Lipinski definition) is 3. The van der Waals surface area contributed by atoms with Crippen LogP contribution in [-0.2, 0) is 9.59 Å². The molecule has 20 heavy (non-hydrogen) atoms. The van der Waals surface area contributed by atoms with Gasteiger partial charge in [-0.25, -0.2) is 0 Å². The molecule has 6 heteroatoms. The maximum absolute atomic E-state index is 11.8. The molecule has 1 aromatic rings.